The molecule has 1 rings (SSSR count). The van der Waals surface area contributed by atoms with E-state index >= 15 is 0 Å². The minimum absolute atomic E-state index is 0.0634. The molecule has 18 heavy (non-hydrogen) atoms. The molecule has 1 aromatic rings. The van der Waals surface area contributed by atoms with Crippen LogP contribution in [0.1, 0.15) is 25.0 Å². The highest BCUT2D eigenvalue weighted by Gasteiger charge is 2.32. The quantitative estimate of drug-likeness (QED) is 0.918. The van der Waals surface area contributed by atoms with Crippen LogP contribution in [0.5, 0.6) is 5.75 Å². The summed E-state index contributed by atoms with van der Waals surface area (Å²) < 4.78 is 43.1. The van der Waals surface area contributed by atoms with Crippen LogP contribution in [0.15, 0.2) is 12.1 Å². The van der Waals surface area contributed by atoms with Crippen molar-refractivity contribution in [2.24, 2.45) is 5.73 Å². The van der Waals surface area contributed by atoms with Gasteiger partial charge < -0.3 is 10.5 Å². The maximum absolute atomic E-state index is 12.7. The number of methoxy groups -OCH3 is 1. The minimum Gasteiger partial charge on any atom is -0.495 e. The third-order valence-electron chi connectivity index (χ3n) is 2.30. The lowest BCUT2D eigenvalue weighted by atomic mass is 9.94. The van der Waals surface area contributed by atoms with Crippen molar-refractivity contribution in [3.8, 4) is 5.75 Å². The maximum atomic E-state index is 12.7. The van der Waals surface area contributed by atoms with E-state index in [9.17, 15) is 13.2 Å². The molecule has 0 fully saturated rings. The fourth-order valence-corrected chi connectivity index (χ4v) is 1.98. The SMILES string of the molecule is COc1c(Cl)cc(C(F)(F)F)cc1CC(C)(C)N. The highest BCUT2D eigenvalue weighted by molar-refractivity contribution is 6.32. The first kappa shape index (κ1) is 15.1. The summed E-state index contributed by atoms with van der Waals surface area (Å²) in [4.78, 5) is 0. The number of rotatable bonds is 3. The molecule has 2 N–H and O–H groups in total. The van der Waals surface area contributed by atoms with Crippen LogP contribution in [0.25, 0.3) is 0 Å². The lowest BCUT2D eigenvalue weighted by Crippen LogP contribution is -2.34. The largest absolute Gasteiger partial charge is 0.495 e. The van der Waals surface area contributed by atoms with E-state index < -0.39 is 17.3 Å². The summed E-state index contributed by atoms with van der Waals surface area (Å²) in [6.07, 6.45) is -4.21. The average molecular weight is 282 g/mol. The monoisotopic (exact) mass is 281 g/mol. The van der Waals surface area contributed by atoms with Gasteiger partial charge in [0, 0.05) is 5.54 Å². The van der Waals surface area contributed by atoms with Crippen LogP contribution in [0.3, 0.4) is 0 Å². The van der Waals surface area contributed by atoms with Crippen LogP contribution < -0.4 is 10.5 Å². The van der Waals surface area contributed by atoms with Gasteiger partial charge in [0.15, 0.2) is 0 Å². The van der Waals surface area contributed by atoms with Crippen molar-refractivity contribution < 1.29 is 17.9 Å². The van der Waals surface area contributed by atoms with Crippen LogP contribution in [0.4, 0.5) is 13.2 Å². The molecule has 0 unspecified atom stereocenters. The zero-order valence-electron chi connectivity index (χ0n) is 10.4. The van der Waals surface area contributed by atoms with Gasteiger partial charge in [-0.15, -0.1) is 0 Å². The van der Waals surface area contributed by atoms with Crippen LogP contribution in [0.2, 0.25) is 5.02 Å². The summed E-state index contributed by atoms with van der Waals surface area (Å²) in [6, 6.07) is 1.88. The van der Waals surface area contributed by atoms with Crippen molar-refractivity contribution in [2.45, 2.75) is 32.0 Å². The van der Waals surface area contributed by atoms with Crippen molar-refractivity contribution in [3.63, 3.8) is 0 Å². The molecule has 0 bridgehead atoms. The van der Waals surface area contributed by atoms with E-state index in [1.165, 1.54) is 7.11 Å². The molecular formula is C12H15ClF3NO. The van der Waals surface area contributed by atoms with Gasteiger partial charge in [-0.05, 0) is 38.0 Å². The second-order valence-electron chi connectivity index (χ2n) is 4.81. The first-order valence-electron chi connectivity index (χ1n) is 5.27. The molecule has 0 spiro atoms. The number of nitrogens with two attached hydrogens (primary N) is 1. The van der Waals surface area contributed by atoms with Crippen LogP contribution >= 0.6 is 11.6 Å². The van der Waals surface area contributed by atoms with Gasteiger partial charge in [-0.1, -0.05) is 11.6 Å². The molecule has 0 aliphatic rings. The molecule has 0 saturated carbocycles. The normalized spacial score (nSPS) is 12.7. The van der Waals surface area contributed by atoms with Crippen molar-refractivity contribution >= 4 is 11.6 Å². The standard InChI is InChI=1S/C12H15ClF3NO/c1-11(2,17)6-7-4-8(12(14,15)16)5-9(13)10(7)18-3/h4-5H,6,17H2,1-3H3. The predicted molar refractivity (Wildman–Crippen MR) is 65.0 cm³/mol. The smallest absolute Gasteiger partial charge is 0.416 e. The summed E-state index contributed by atoms with van der Waals surface area (Å²) in [5, 5.41) is -0.0634. The predicted octanol–water partition coefficient (Wildman–Crippen LogP) is 3.65. The molecule has 0 saturated heterocycles. The topological polar surface area (TPSA) is 35.2 Å². The van der Waals surface area contributed by atoms with Gasteiger partial charge in [0.1, 0.15) is 5.75 Å². The Hall–Kier alpha value is -0.940. The second-order valence-corrected chi connectivity index (χ2v) is 5.22. The third-order valence-corrected chi connectivity index (χ3v) is 2.58. The van der Waals surface area contributed by atoms with E-state index in [-0.39, 0.29) is 17.2 Å². The Balaban J connectivity index is 3.33. The lowest BCUT2D eigenvalue weighted by Gasteiger charge is -2.22. The van der Waals surface area contributed by atoms with Gasteiger partial charge in [-0.2, -0.15) is 13.2 Å². The van der Waals surface area contributed by atoms with Crippen molar-refractivity contribution in [2.75, 3.05) is 7.11 Å². The molecule has 0 radical (unpaired) electrons. The lowest BCUT2D eigenvalue weighted by molar-refractivity contribution is -0.137. The van der Waals surface area contributed by atoms with E-state index in [1.54, 1.807) is 13.8 Å². The number of hydrogen-bond donors (Lipinski definition) is 1. The molecule has 0 aliphatic heterocycles. The van der Waals surface area contributed by atoms with Gasteiger partial charge in [-0.3, -0.25) is 0 Å². The Bertz CT molecular complexity index is 438. The molecule has 0 amide bonds. The number of alkyl halides is 3. The summed E-state index contributed by atoms with van der Waals surface area (Å²) in [5.41, 5.74) is 4.72. The minimum atomic E-state index is -4.44. The molecule has 1 aromatic carbocycles. The molecule has 0 atom stereocenters. The summed E-state index contributed by atoms with van der Waals surface area (Å²) >= 11 is 5.80. The van der Waals surface area contributed by atoms with Gasteiger partial charge >= 0.3 is 6.18 Å². The van der Waals surface area contributed by atoms with E-state index in [0.29, 0.717) is 5.56 Å². The molecule has 102 valence electrons. The Labute approximate surface area is 109 Å². The molecule has 2 nitrogen and oxygen atoms in total. The fourth-order valence-electron chi connectivity index (χ4n) is 1.66. The molecule has 0 aromatic heterocycles. The van der Waals surface area contributed by atoms with E-state index in [2.05, 4.69) is 0 Å². The Kier molecular flexibility index (Phi) is 4.18. The Morgan fingerprint density at radius 2 is 1.83 bits per heavy atom. The Morgan fingerprint density at radius 3 is 2.22 bits per heavy atom. The summed E-state index contributed by atoms with van der Waals surface area (Å²) in [6.45, 7) is 3.45. The average Bonchev–Trinajstić information content (AvgIpc) is 2.13. The third kappa shape index (κ3) is 3.78. The van der Waals surface area contributed by atoms with Crippen molar-refractivity contribution in [1.82, 2.24) is 0 Å². The number of hydrogen-bond acceptors (Lipinski definition) is 2. The Morgan fingerprint density at radius 1 is 1.28 bits per heavy atom. The first-order chi connectivity index (χ1) is 8.04. The highest BCUT2D eigenvalue weighted by Crippen LogP contribution is 2.38. The zero-order chi connectivity index (χ0) is 14.1. The molecule has 6 heteroatoms. The second kappa shape index (κ2) is 4.97. The maximum Gasteiger partial charge on any atom is 0.416 e. The van der Waals surface area contributed by atoms with Crippen LogP contribution in [-0.2, 0) is 12.6 Å². The van der Waals surface area contributed by atoms with E-state index in [1.807, 2.05) is 0 Å². The van der Waals surface area contributed by atoms with Gasteiger partial charge in [0.05, 0.1) is 17.7 Å². The van der Waals surface area contributed by atoms with Gasteiger partial charge in [0.2, 0.25) is 0 Å². The summed E-state index contributed by atoms with van der Waals surface area (Å²) in [7, 11) is 1.36. The first-order valence-corrected chi connectivity index (χ1v) is 5.65. The number of halogens is 4. The van der Waals surface area contributed by atoms with Gasteiger partial charge in [-0.25, -0.2) is 0 Å². The van der Waals surface area contributed by atoms with E-state index in [4.69, 9.17) is 22.1 Å². The molecular weight excluding hydrogens is 267 g/mol. The number of benzene rings is 1. The van der Waals surface area contributed by atoms with Gasteiger partial charge in [0.25, 0.3) is 0 Å². The van der Waals surface area contributed by atoms with Crippen LogP contribution in [-0.4, -0.2) is 12.6 Å². The number of ether oxygens (including phenoxy) is 1. The highest BCUT2D eigenvalue weighted by atomic mass is 35.5. The summed E-state index contributed by atoms with van der Waals surface area (Å²) in [5.74, 6) is 0.239. The van der Waals surface area contributed by atoms with Crippen LogP contribution in [0, 0.1) is 0 Å². The zero-order valence-corrected chi connectivity index (χ0v) is 11.1. The van der Waals surface area contributed by atoms with Crippen molar-refractivity contribution in [1.29, 1.82) is 0 Å². The fraction of sp³-hybridized carbons (Fsp3) is 0.500. The van der Waals surface area contributed by atoms with Crippen molar-refractivity contribution in [3.05, 3.63) is 28.3 Å². The molecule has 0 heterocycles. The van der Waals surface area contributed by atoms with E-state index in [0.717, 1.165) is 12.1 Å². The molecule has 0 aliphatic carbocycles.